The molecule has 30 heavy (non-hydrogen) atoms. The topological polar surface area (TPSA) is 55.9 Å². The smallest absolute Gasteiger partial charge is 0.238 e. The molecule has 2 aromatic carbocycles. The fourth-order valence-corrected chi connectivity index (χ4v) is 4.23. The van der Waals surface area contributed by atoms with E-state index in [1.165, 1.54) is 5.56 Å². The lowest BCUT2D eigenvalue weighted by molar-refractivity contribution is -0.118. The van der Waals surface area contributed by atoms with Gasteiger partial charge in [-0.15, -0.1) is 0 Å². The summed E-state index contributed by atoms with van der Waals surface area (Å²) in [7, 11) is 0. The largest absolute Gasteiger partial charge is 0.325 e. The van der Waals surface area contributed by atoms with Crippen LogP contribution < -0.4 is 10.2 Å². The van der Waals surface area contributed by atoms with Crippen molar-refractivity contribution in [2.75, 3.05) is 49.5 Å². The quantitative estimate of drug-likeness (QED) is 0.801. The van der Waals surface area contributed by atoms with E-state index in [2.05, 4.69) is 39.4 Å². The molecule has 0 atom stereocenters. The monoisotopic (exact) mass is 406 g/mol. The summed E-state index contributed by atoms with van der Waals surface area (Å²) in [4.78, 5) is 30.9. The van der Waals surface area contributed by atoms with Gasteiger partial charge in [-0.2, -0.15) is 0 Å². The van der Waals surface area contributed by atoms with E-state index < -0.39 is 0 Å². The Kier molecular flexibility index (Phi) is 6.77. The number of nitrogens with zero attached hydrogens (tertiary/aromatic N) is 3. The molecule has 6 heteroatoms. The Balaban J connectivity index is 1.24. The van der Waals surface area contributed by atoms with Crippen LogP contribution in [0.25, 0.3) is 0 Å². The first-order valence-corrected chi connectivity index (χ1v) is 10.9. The van der Waals surface area contributed by atoms with Gasteiger partial charge in [0.05, 0.1) is 6.54 Å². The first-order valence-electron chi connectivity index (χ1n) is 10.9. The Morgan fingerprint density at radius 2 is 1.57 bits per heavy atom. The zero-order valence-electron chi connectivity index (χ0n) is 17.4. The van der Waals surface area contributed by atoms with E-state index in [1.54, 1.807) is 0 Å². The number of rotatable bonds is 6. The molecule has 0 aromatic heterocycles. The van der Waals surface area contributed by atoms with Crippen molar-refractivity contribution in [2.24, 2.45) is 0 Å². The third-order valence-electron chi connectivity index (χ3n) is 5.83. The molecule has 2 aliphatic rings. The average molecular weight is 407 g/mol. The molecular weight excluding hydrogens is 376 g/mol. The van der Waals surface area contributed by atoms with Crippen molar-refractivity contribution in [1.82, 2.24) is 9.80 Å². The van der Waals surface area contributed by atoms with Crippen molar-refractivity contribution in [1.29, 1.82) is 0 Å². The van der Waals surface area contributed by atoms with Crippen LogP contribution in [0, 0.1) is 0 Å². The molecule has 1 N–H and O–H groups in total. The van der Waals surface area contributed by atoms with Crippen molar-refractivity contribution in [2.45, 2.75) is 25.8 Å². The summed E-state index contributed by atoms with van der Waals surface area (Å²) >= 11 is 0. The standard InChI is InChI=1S/C24H30N4O2/c29-23(25-21-9-11-22(12-10-21)28-15-4-8-24(28)30)19-27-14-5-13-26(16-17-27)18-20-6-2-1-3-7-20/h1-3,6-7,9-12H,4-5,8,13-19H2,(H,25,29). The van der Waals surface area contributed by atoms with E-state index in [4.69, 9.17) is 0 Å². The Bertz CT molecular complexity index is 853. The van der Waals surface area contributed by atoms with Gasteiger partial charge >= 0.3 is 0 Å². The molecule has 2 heterocycles. The first kappa shape index (κ1) is 20.6. The number of nitrogens with one attached hydrogen (secondary N) is 1. The van der Waals surface area contributed by atoms with Crippen molar-refractivity contribution in [3.05, 3.63) is 60.2 Å². The molecule has 2 fully saturated rings. The van der Waals surface area contributed by atoms with Gasteiger partial charge in [0.1, 0.15) is 0 Å². The lowest BCUT2D eigenvalue weighted by Gasteiger charge is -2.21. The van der Waals surface area contributed by atoms with E-state index in [9.17, 15) is 9.59 Å². The first-order chi connectivity index (χ1) is 14.7. The lowest BCUT2D eigenvalue weighted by atomic mass is 10.2. The van der Waals surface area contributed by atoms with E-state index in [1.807, 2.05) is 35.2 Å². The SMILES string of the molecule is O=C(CN1CCCN(Cc2ccccc2)CC1)Nc1ccc(N2CCCC2=O)cc1. The normalized spacial score (nSPS) is 18.4. The minimum atomic E-state index is 0.0107. The average Bonchev–Trinajstić information content (AvgIpc) is 3.06. The minimum absolute atomic E-state index is 0.0107. The van der Waals surface area contributed by atoms with Gasteiger partial charge in [0.2, 0.25) is 11.8 Å². The maximum absolute atomic E-state index is 12.5. The highest BCUT2D eigenvalue weighted by Crippen LogP contribution is 2.23. The predicted molar refractivity (Wildman–Crippen MR) is 119 cm³/mol. The van der Waals surface area contributed by atoms with Gasteiger partial charge in [-0.05, 0) is 55.8 Å². The molecule has 4 rings (SSSR count). The molecule has 0 aliphatic carbocycles. The summed E-state index contributed by atoms with van der Waals surface area (Å²) in [6.07, 6.45) is 2.60. The van der Waals surface area contributed by atoms with E-state index in [-0.39, 0.29) is 11.8 Å². The second kappa shape index (κ2) is 9.87. The van der Waals surface area contributed by atoms with E-state index in [0.29, 0.717) is 13.0 Å². The Hall–Kier alpha value is -2.70. The summed E-state index contributed by atoms with van der Waals surface area (Å²) in [6, 6.07) is 18.1. The summed E-state index contributed by atoms with van der Waals surface area (Å²) in [5, 5.41) is 2.99. The number of amides is 2. The fourth-order valence-electron chi connectivity index (χ4n) is 4.23. The van der Waals surface area contributed by atoms with Gasteiger partial charge in [-0.25, -0.2) is 0 Å². The fraction of sp³-hybridized carbons (Fsp3) is 0.417. The highest BCUT2D eigenvalue weighted by molar-refractivity contribution is 5.96. The predicted octanol–water partition coefficient (Wildman–Crippen LogP) is 2.96. The number of carbonyl (C=O) groups excluding carboxylic acids is 2. The molecule has 0 unspecified atom stereocenters. The zero-order valence-corrected chi connectivity index (χ0v) is 17.4. The summed E-state index contributed by atoms with van der Waals surface area (Å²) < 4.78 is 0. The highest BCUT2D eigenvalue weighted by atomic mass is 16.2. The highest BCUT2D eigenvalue weighted by Gasteiger charge is 2.21. The van der Waals surface area contributed by atoms with E-state index >= 15 is 0 Å². The van der Waals surface area contributed by atoms with Crippen molar-refractivity contribution in [3.8, 4) is 0 Å². The van der Waals surface area contributed by atoms with Crippen LogP contribution in [-0.4, -0.2) is 60.9 Å². The molecule has 0 saturated carbocycles. The Morgan fingerprint density at radius 3 is 2.30 bits per heavy atom. The molecule has 2 aliphatic heterocycles. The second-order valence-corrected chi connectivity index (χ2v) is 8.14. The number of hydrogen-bond donors (Lipinski definition) is 1. The van der Waals surface area contributed by atoms with Gasteiger partial charge in [0.25, 0.3) is 0 Å². The lowest BCUT2D eigenvalue weighted by Crippen LogP contribution is -2.36. The van der Waals surface area contributed by atoms with Crippen LogP contribution in [0.3, 0.4) is 0 Å². The van der Waals surface area contributed by atoms with Crippen LogP contribution in [0.1, 0.15) is 24.8 Å². The minimum Gasteiger partial charge on any atom is -0.325 e. The van der Waals surface area contributed by atoms with Crippen LogP contribution >= 0.6 is 0 Å². The molecule has 2 amide bonds. The van der Waals surface area contributed by atoms with Crippen molar-refractivity contribution >= 4 is 23.2 Å². The third kappa shape index (κ3) is 5.46. The van der Waals surface area contributed by atoms with Crippen LogP contribution in [0.5, 0.6) is 0 Å². The van der Waals surface area contributed by atoms with Gasteiger partial charge in [0, 0.05) is 44.0 Å². The van der Waals surface area contributed by atoms with Crippen molar-refractivity contribution < 1.29 is 9.59 Å². The molecule has 6 nitrogen and oxygen atoms in total. The maximum atomic E-state index is 12.5. The Morgan fingerprint density at radius 1 is 0.833 bits per heavy atom. The maximum Gasteiger partial charge on any atom is 0.238 e. The van der Waals surface area contributed by atoms with Crippen LogP contribution in [-0.2, 0) is 16.1 Å². The third-order valence-corrected chi connectivity index (χ3v) is 5.83. The number of hydrogen-bond acceptors (Lipinski definition) is 4. The molecule has 158 valence electrons. The number of benzene rings is 2. The number of carbonyl (C=O) groups is 2. The van der Waals surface area contributed by atoms with Gasteiger partial charge in [-0.3, -0.25) is 19.4 Å². The van der Waals surface area contributed by atoms with Crippen LogP contribution in [0.15, 0.2) is 54.6 Å². The van der Waals surface area contributed by atoms with Crippen molar-refractivity contribution in [3.63, 3.8) is 0 Å². The molecule has 2 saturated heterocycles. The van der Waals surface area contributed by atoms with E-state index in [0.717, 1.165) is 63.5 Å². The van der Waals surface area contributed by atoms with Gasteiger partial charge in [0.15, 0.2) is 0 Å². The van der Waals surface area contributed by atoms with Crippen LogP contribution in [0.2, 0.25) is 0 Å². The Labute approximate surface area is 178 Å². The molecule has 2 aromatic rings. The summed E-state index contributed by atoms with van der Waals surface area (Å²) in [6.45, 7) is 6.02. The summed E-state index contributed by atoms with van der Waals surface area (Å²) in [5.41, 5.74) is 3.01. The molecule has 0 spiro atoms. The zero-order chi connectivity index (χ0) is 20.8. The van der Waals surface area contributed by atoms with Gasteiger partial charge < -0.3 is 10.2 Å². The van der Waals surface area contributed by atoms with Crippen LogP contribution in [0.4, 0.5) is 11.4 Å². The van der Waals surface area contributed by atoms with Gasteiger partial charge in [-0.1, -0.05) is 30.3 Å². The molecular formula is C24H30N4O2. The summed E-state index contributed by atoms with van der Waals surface area (Å²) in [5.74, 6) is 0.186. The number of anilines is 2. The second-order valence-electron chi connectivity index (χ2n) is 8.14. The molecule has 0 radical (unpaired) electrons. The molecule has 0 bridgehead atoms.